The van der Waals surface area contributed by atoms with Crippen LogP contribution in [0, 0.1) is 5.92 Å². The second-order valence-corrected chi connectivity index (χ2v) is 4.64. The van der Waals surface area contributed by atoms with Gasteiger partial charge in [0.25, 0.3) is 0 Å². The van der Waals surface area contributed by atoms with Crippen molar-refractivity contribution in [2.45, 2.75) is 20.4 Å². The zero-order valence-corrected chi connectivity index (χ0v) is 11.1. The molecule has 6 heteroatoms. The lowest BCUT2D eigenvalue weighted by Crippen LogP contribution is -2.10. The first kappa shape index (κ1) is 12.8. The molecule has 0 saturated heterocycles. The summed E-state index contributed by atoms with van der Waals surface area (Å²) in [7, 11) is 1.67. The number of fused-ring (bicyclic) bond motifs is 1. The minimum atomic E-state index is 0.562. The van der Waals surface area contributed by atoms with E-state index in [0.29, 0.717) is 25.0 Å². The van der Waals surface area contributed by atoms with E-state index in [2.05, 4.69) is 34.2 Å². The van der Waals surface area contributed by atoms with Crippen molar-refractivity contribution in [1.29, 1.82) is 0 Å². The van der Waals surface area contributed by atoms with Gasteiger partial charge in [0.2, 0.25) is 5.95 Å². The van der Waals surface area contributed by atoms with Crippen molar-refractivity contribution in [2.75, 3.05) is 25.6 Å². The van der Waals surface area contributed by atoms with E-state index < -0.39 is 0 Å². The molecular formula is C12H19N5O. The summed E-state index contributed by atoms with van der Waals surface area (Å²) in [5.41, 5.74) is 0.727. The van der Waals surface area contributed by atoms with Gasteiger partial charge in [-0.2, -0.15) is 10.1 Å². The smallest absolute Gasteiger partial charge is 0.224 e. The van der Waals surface area contributed by atoms with Crippen LogP contribution in [0.4, 0.5) is 5.95 Å². The van der Waals surface area contributed by atoms with Gasteiger partial charge in [-0.3, -0.25) is 4.68 Å². The number of hydrogen-bond donors (Lipinski definition) is 1. The fourth-order valence-corrected chi connectivity index (χ4v) is 1.68. The quantitative estimate of drug-likeness (QED) is 0.787. The number of hydrogen-bond acceptors (Lipinski definition) is 5. The first-order valence-electron chi connectivity index (χ1n) is 6.12. The third-order valence-corrected chi connectivity index (χ3v) is 2.45. The van der Waals surface area contributed by atoms with Crippen LogP contribution in [0.25, 0.3) is 11.0 Å². The van der Waals surface area contributed by atoms with Gasteiger partial charge in [0.05, 0.1) is 12.0 Å². The molecule has 0 aliphatic heterocycles. The highest BCUT2D eigenvalue weighted by atomic mass is 16.5. The Morgan fingerprint density at radius 2 is 2.28 bits per heavy atom. The molecule has 0 radical (unpaired) electrons. The minimum Gasteiger partial charge on any atom is -0.383 e. The number of nitrogens with zero attached hydrogens (tertiary/aromatic N) is 4. The first-order chi connectivity index (χ1) is 8.69. The van der Waals surface area contributed by atoms with E-state index in [1.165, 1.54) is 0 Å². The highest BCUT2D eigenvalue weighted by molar-refractivity contribution is 5.73. The molecule has 18 heavy (non-hydrogen) atoms. The van der Waals surface area contributed by atoms with E-state index in [-0.39, 0.29) is 0 Å². The average molecular weight is 249 g/mol. The predicted octanol–water partition coefficient (Wildman–Crippen LogP) is 1.54. The number of methoxy groups -OCH3 is 1. The Labute approximate surface area is 106 Å². The summed E-state index contributed by atoms with van der Waals surface area (Å²) in [5, 5.41) is 8.49. The van der Waals surface area contributed by atoms with Gasteiger partial charge in [0, 0.05) is 32.6 Å². The Kier molecular flexibility index (Phi) is 4.09. The van der Waals surface area contributed by atoms with E-state index in [9.17, 15) is 0 Å². The van der Waals surface area contributed by atoms with Gasteiger partial charge in [-0.1, -0.05) is 13.8 Å². The second kappa shape index (κ2) is 5.77. The molecular weight excluding hydrogens is 230 g/mol. The van der Waals surface area contributed by atoms with Gasteiger partial charge in [0.15, 0.2) is 5.65 Å². The second-order valence-electron chi connectivity index (χ2n) is 4.64. The van der Waals surface area contributed by atoms with Crippen LogP contribution in [0.2, 0.25) is 0 Å². The van der Waals surface area contributed by atoms with Gasteiger partial charge >= 0.3 is 0 Å². The maximum Gasteiger partial charge on any atom is 0.224 e. The molecule has 0 bridgehead atoms. The summed E-state index contributed by atoms with van der Waals surface area (Å²) in [5.74, 6) is 1.15. The zero-order valence-electron chi connectivity index (χ0n) is 11.1. The van der Waals surface area contributed by atoms with Crippen LogP contribution in [0.15, 0.2) is 12.4 Å². The maximum atomic E-state index is 4.96. The van der Waals surface area contributed by atoms with Gasteiger partial charge in [-0.25, -0.2) is 4.98 Å². The summed E-state index contributed by atoms with van der Waals surface area (Å²) in [6.45, 7) is 6.53. The molecule has 1 N–H and O–H groups in total. The van der Waals surface area contributed by atoms with Crippen molar-refractivity contribution < 1.29 is 4.74 Å². The normalized spacial score (nSPS) is 11.3. The lowest BCUT2D eigenvalue weighted by Gasteiger charge is -2.02. The summed E-state index contributed by atoms with van der Waals surface area (Å²) >= 11 is 0. The average Bonchev–Trinajstić information content (AvgIpc) is 2.69. The number of anilines is 1. The first-order valence-corrected chi connectivity index (χ1v) is 6.12. The molecule has 2 heterocycles. The summed E-state index contributed by atoms with van der Waals surface area (Å²) in [6.07, 6.45) is 3.77. The van der Waals surface area contributed by atoms with Gasteiger partial charge in [0.1, 0.15) is 0 Å². The molecule has 2 aromatic rings. The molecule has 98 valence electrons. The van der Waals surface area contributed by atoms with Crippen LogP contribution in [0.1, 0.15) is 13.8 Å². The summed E-state index contributed by atoms with van der Waals surface area (Å²) in [4.78, 5) is 8.61. The lowest BCUT2D eigenvalue weighted by atomic mass is 10.2. The van der Waals surface area contributed by atoms with Crippen molar-refractivity contribution in [1.82, 2.24) is 19.7 Å². The number of nitrogens with one attached hydrogen (secondary N) is 1. The monoisotopic (exact) mass is 249 g/mol. The van der Waals surface area contributed by atoms with Crippen molar-refractivity contribution >= 4 is 17.0 Å². The summed E-state index contributed by atoms with van der Waals surface area (Å²) in [6, 6.07) is 0. The van der Waals surface area contributed by atoms with Crippen molar-refractivity contribution in [3.63, 3.8) is 0 Å². The molecule has 0 spiro atoms. The molecule has 0 aliphatic carbocycles. The van der Waals surface area contributed by atoms with Crippen LogP contribution in [-0.4, -0.2) is 40.0 Å². The van der Waals surface area contributed by atoms with E-state index in [4.69, 9.17) is 4.74 Å². The Bertz CT molecular complexity index is 508. The largest absolute Gasteiger partial charge is 0.383 e. The molecule has 2 aromatic heterocycles. The third kappa shape index (κ3) is 3.16. The van der Waals surface area contributed by atoms with Crippen LogP contribution in [0.3, 0.4) is 0 Å². The van der Waals surface area contributed by atoms with Gasteiger partial charge in [-0.15, -0.1) is 0 Å². The van der Waals surface area contributed by atoms with Crippen molar-refractivity contribution in [2.24, 2.45) is 5.92 Å². The highest BCUT2D eigenvalue weighted by Gasteiger charge is 2.05. The lowest BCUT2D eigenvalue weighted by molar-refractivity contribution is 0.210. The molecule has 0 unspecified atom stereocenters. The van der Waals surface area contributed by atoms with Crippen LogP contribution < -0.4 is 5.32 Å². The molecule has 0 aromatic carbocycles. The number of rotatable bonds is 6. The van der Waals surface area contributed by atoms with Crippen LogP contribution >= 0.6 is 0 Å². The zero-order chi connectivity index (χ0) is 13.0. The molecule has 0 fully saturated rings. The van der Waals surface area contributed by atoms with Crippen molar-refractivity contribution in [3.05, 3.63) is 12.4 Å². The maximum absolute atomic E-state index is 4.96. The van der Waals surface area contributed by atoms with E-state index in [1.807, 2.05) is 10.9 Å². The Hall–Kier alpha value is -1.69. The SMILES string of the molecule is COCCNc1ncc2cn(CC(C)C)nc2n1. The topological polar surface area (TPSA) is 64.9 Å². The summed E-state index contributed by atoms with van der Waals surface area (Å²) < 4.78 is 6.88. The molecule has 0 saturated carbocycles. The number of aromatic nitrogens is 4. The standard InChI is InChI=1S/C12H19N5O/c1-9(2)7-17-8-10-6-14-12(13-4-5-18-3)15-11(10)16-17/h6,8-9H,4-5,7H2,1-3H3,(H,13,15,16). The van der Waals surface area contributed by atoms with Crippen LogP contribution in [-0.2, 0) is 11.3 Å². The van der Waals surface area contributed by atoms with E-state index >= 15 is 0 Å². The molecule has 2 rings (SSSR count). The van der Waals surface area contributed by atoms with Gasteiger partial charge in [-0.05, 0) is 5.92 Å². The number of ether oxygens (including phenoxy) is 1. The molecule has 0 aliphatic rings. The van der Waals surface area contributed by atoms with E-state index in [0.717, 1.165) is 17.6 Å². The minimum absolute atomic E-state index is 0.562. The highest BCUT2D eigenvalue weighted by Crippen LogP contribution is 2.11. The Morgan fingerprint density at radius 1 is 1.44 bits per heavy atom. The molecule has 0 amide bonds. The Morgan fingerprint density at radius 3 is 3.00 bits per heavy atom. The molecule has 0 atom stereocenters. The fourth-order valence-electron chi connectivity index (χ4n) is 1.68. The van der Waals surface area contributed by atoms with Crippen LogP contribution in [0.5, 0.6) is 0 Å². The fraction of sp³-hybridized carbons (Fsp3) is 0.583. The molecule has 6 nitrogen and oxygen atoms in total. The van der Waals surface area contributed by atoms with Crippen molar-refractivity contribution in [3.8, 4) is 0 Å². The third-order valence-electron chi connectivity index (χ3n) is 2.45. The predicted molar refractivity (Wildman–Crippen MR) is 70.5 cm³/mol. The van der Waals surface area contributed by atoms with E-state index in [1.54, 1.807) is 13.3 Å². The Balaban J connectivity index is 2.12. The van der Waals surface area contributed by atoms with Gasteiger partial charge < -0.3 is 10.1 Å².